The van der Waals surface area contributed by atoms with Gasteiger partial charge in [0.15, 0.2) is 17.7 Å². The van der Waals surface area contributed by atoms with Crippen LogP contribution >= 0.6 is 0 Å². The number of unbranched alkanes of at least 4 members (excludes halogenated alkanes) is 1. The van der Waals surface area contributed by atoms with Gasteiger partial charge in [-0.2, -0.15) is 0 Å². The lowest BCUT2D eigenvalue weighted by Crippen LogP contribution is -2.22. The van der Waals surface area contributed by atoms with Crippen molar-refractivity contribution >= 4 is 5.97 Å². The molecule has 0 fully saturated rings. The van der Waals surface area contributed by atoms with Crippen molar-refractivity contribution in [2.75, 3.05) is 6.54 Å². The number of carboxylic acid groups (broad SMARTS) is 1. The van der Waals surface area contributed by atoms with Gasteiger partial charge in [0, 0.05) is 6.42 Å². The van der Waals surface area contributed by atoms with E-state index in [2.05, 4.69) is 17.8 Å². The molecule has 0 aromatic heterocycles. The fourth-order valence-electron chi connectivity index (χ4n) is 2.01. The summed E-state index contributed by atoms with van der Waals surface area (Å²) in [7, 11) is 0. The number of halogens is 1. The molecule has 6 heteroatoms. The lowest BCUT2D eigenvalue weighted by molar-refractivity contribution is -0.144. The average molecular weight is 358 g/mol. The number of carboxylic acids is 1. The van der Waals surface area contributed by atoms with Crippen LogP contribution in [0.4, 0.5) is 4.39 Å². The smallest absolute Gasteiger partial charge is 0.344 e. The number of ether oxygens (including phenoxy) is 2. The van der Waals surface area contributed by atoms with E-state index in [1.54, 1.807) is 30.3 Å². The first kappa shape index (κ1) is 19.3. The Labute approximate surface area is 151 Å². The van der Waals surface area contributed by atoms with Gasteiger partial charge in [-0.3, -0.25) is 0 Å². The molecule has 26 heavy (non-hydrogen) atoms. The number of benzene rings is 2. The molecule has 5 nitrogen and oxygen atoms in total. The summed E-state index contributed by atoms with van der Waals surface area (Å²) in [6.07, 6.45) is 1.06. The van der Waals surface area contributed by atoms with E-state index in [0.29, 0.717) is 23.6 Å². The van der Waals surface area contributed by atoms with Crippen molar-refractivity contribution in [2.24, 2.45) is 0 Å². The van der Waals surface area contributed by atoms with E-state index in [0.717, 1.165) is 12.8 Å². The second-order valence-electron chi connectivity index (χ2n) is 5.66. The number of carbonyl (C=O) groups is 1. The summed E-state index contributed by atoms with van der Waals surface area (Å²) < 4.78 is 24.9. The summed E-state index contributed by atoms with van der Waals surface area (Å²) >= 11 is 0. The number of hydrogen-bond donors (Lipinski definition) is 1. The first-order valence-electron chi connectivity index (χ1n) is 8.39. The van der Waals surface area contributed by atoms with Crippen molar-refractivity contribution < 1.29 is 23.8 Å². The SMILES string of the molecule is CCCC[N+]#Cc1ccc(Oc2ccc(O[C@H](C)C(=O)O)cc2)c(F)c1. The van der Waals surface area contributed by atoms with E-state index in [4.69, 9.17) is 14.6 Å². The molecule has 1 N–H and O–H groups in total. The Hall–Kier alpha value is -3.07. The molecule has 0 aliphatic carbocycles. The van der Waals surface area contributed by atoms with Gasteiger partial charge in [-0.1, -0.05) is 11.8 Å². The van der Waals surface area contributed by atoms with Crippen LogP contribution in [-0.2, 0) is 4.79 Å². The van der Waals surface area contributed by atoms with Gasteiger partial charge < -0.3 is 14.6 Å². The minimum atomic E-state index is -1.05. The molecular weight excluding hydrogens is 337 g/mol. The highest BCUT2D eigenvalue weighted by molar-refractivity contribution is 5.72. The van der Waals surface area contributed by atoms with Gasteiger partial charge in [-0.15, -0.1) is 0 Å². The van der Waals surface area contributed by atoms with E-state index >= 15 is 0 Å². The first-order chi connectivity index (χ1) is 12.5. The van der Waals surface area contributed by atoms with Crippen LogP contribution < -0.4 is 9.47 Å². The van der Waals surface area contributed by atoms with Gasteiger partial charge in [0.2, 0.25) is 0 Å². The van der Waals surface area contributed by atoms with Crippen LogP contribution in [0.3, 0.4) is 0 Å². The maximum Gasteiger partial charge on any atom is 0.344 e. The van der Waals surface area contributed by atoms with Crippen LogP contribution in [0.5, 0.6) is 17.2 Å². The van der Waals surface area contributed by atoms with E-state index in [-0.39, 0.29) is 5.75 Å². The molecular formula is C20H21FNO4+. The van der Waals surface area contributed by atoms with Crippen LogP contribution in [0.1, 0.15) is 32.3 Å². The molecule has 0 unspecified atom stereocenters. The van der Waals surface area contributed by atoms with Gasteiger partial charge in [0.25, 0.3) is 6.54 Å². The fourth-order valence-corrected chi connectivity index (χ4v) is 2.01. The Morgan fingerprint density at radius 1 is 1.23 bits per heavy atom. The van der Waals surface area contributed by atoms with Crippen LogP contribution in [-0.4, -0.2) is 23.7 Å². The zero-order valence-corrected chi connectivity index (χ0v) is 14.7. The zero-order chi connectivity index (χ0) is 18.9. The molecule has 0 heterocycles. The van der Waals surface area contributed by atoms with E-state index in [9.17, 15) is 9.18 Å². The minimum Gasteiger partial charge on any atom is -0.479 e. The van der Waals surface area contributed by atoms with Crippen molar-refractivity contribution in [3.05, 3.63) is 58.7 Å². The summed E-state index contributed by atoms with van der Waals surface area (Å²) in [5.74, 6) is -0.687. The molecule has 0 saturated carbocycles. The fraction of sp³-hybridized carbons (Fsp3) is 0.300. The van der Waals surface area contributed by atoms with E-state index < -0.39 is 17.9 Å². The molecule has 2 aromatic rings. The Kier molecular flexibility index (Phi) is 6.98. The van der Waals surface area contributed by atoms with Crippen molar-refractivity contribution in [3.63, 3.8) is 0 Å². The summed E-state index contributed by atoms with van der Waals surface area (Å²) in [5.41, 5.74) is 0.553. The Balaban J connectivity index is 2.01. The lowest BCUT2D eigenvalue weighted by atomic mass is 10.2. The van der Waals surface area contributed by atoms with Gasteiger partial charge in [0.05, 0.1) is 0 Å². The second-order valence-corrected chi connectivity index (χ2v) is 5.66. The largest absolute Gasteiger partial charge is 0.479 e. The molecule has 1 atom stereocenters. The van der Waals surface area contributed by atoms with Crippen LogP contribution in [0, 0.1) is 11.9 Å². The second kappa shape index (κ2) is 9.42. The normalized spacial score (nSPS) is 11.2. The van der Waals surface area contributed by atoms with Crippen LogP contribution in [0.2, 0.25) is 0 Å². The number of rotatable bonds is 7. The quantitative estimate of drug-likeness (QED) is 0.711. The number of nitrogens with zero attached hydrogens (tertiary/aromatic N) is 1. The number of aliphatic carboxylic acids is 1. The molecule has 0 aliphatic heterocycles. The average Bonchev–Trinajstić information content (AvgIpc) is 2.62. The Morgan fingerprint density at radius 2 is 1.92 bits per heavy atom. The van der Waals surface area contributed by atoms with Gasteiger partial charge in [-0.05, 0) is 55.8 Å². The molecule has 0 amide bonds. The maximum absolute atomic E-state index is 14.2. The van der Waals surface area contributed by atoms with Crippen molar-refractivity contribution in [1.29, 1.82) is 0 Å². The van der Waals surface area contributed by atoms with Gasteiger partial charge in [0.1, 0.15) is 17.1 Å². The zero-order valence-electron chi connectivity index (χ0n) is 14.7. The van der Waals surface area contributed by atoms with Crippen molar-refractivity contribution in [2.45, 2.75) is 32.8 Å². The van der Waals surface area contributed by atoms with Crippen molar-refractivity contribution in [3.8, 4) is 23.3 Å². The molecule has 0 saturated heterocycles. The predicted octanol–water partition coefficient (Wildman–Crippen LogP) is 4.95. The lowest BCUT2D eigenvalue weighted by Gasteiger charge is -2.11. The van der Waals surface area contributed by atoms with E-state index in [1.807, 2.05) is 0 Å². The summed E-state index contributed by atoms with van der Waals surface area (Å²) in [5, 5.41) is 8.82. The van der Waals surface area contributed by atoms with Gasteiger partial charge in [-0.25, -0.2) is 9.18 Å². The standard InChI is InChI=1S/C20H20FNO4/c1-3-4-11-22-13-15-5-10-19(18(21)12-15)26-17-8-6-16(7-9-17)25-14(2)20(23)24/h5-10,12,14H,3-4,11H2,1-2H3/p+1/t14-/m1/s1. The Bertz CT molecular complexity index is 809. The third-order valence-electron chi connectivity index (χ3n) is 3.48. The summed E-state index contributed by atoms with van der Waals surface area (Å²) in [6, 6.07) is 13.6. The van der Waals surface area contributed by atoms with Gasteiger partial charge >= 0.3 is 12.0 Å². The maximum atomic E-state index is 14.2. The van der Waals surface area contributed by atoms with Crippen molar-refractivity contribution in [1.82, 2.24) is 0 Å². The third kappa shape index (κ3) is 5.78. The molecule has 2 aromatic carbocycles. The topological polar surface area (TPSA) is 60.1 Å². The molecule has 136 valence electrons. The van der Waals surface area contributed by atoms with Crippen LogP contribution in [0.15, 0.2) is 42.5 Å². The highest BCUT2D eigenvalue weighted by Crippen LogP contribution is 2.27. The number of hydrogen-bond acceptors (Lipinski definition) is 3. The summed E-state index contributed by atoms with van der Waals surface area (Å²) in [4.78, 5) is 14.9. The molecule has 0 bridgehead atoms. The summed E-state index contributed by atoms with van der Waals surface area (Å²) in [6.45, 7) is 4.18. The van der Waals surface area contributed by atoms with Crippen LogP contribution in [0.25, 0.3) is 4.85 Å². The first-order valence-corrected chi connectivity index (χ1v) is 8.39. The Morgan fingerprint density at radius 3 is 2.54 bits per heavy atom. The highest BCUT2D eigenvalue weighted by atomic mass is 19.1. The van der Waals surface area contributed by atoms with E-state index in [1.165, 1.54) is 19.1 Å². The predicted molar refractivity (Wildman–Crippen MR) is 96.8 cm³/mol. The molecule has 0 spiro atoms. The molecule has 0 radical (unpaired) electrons. The minimum absolute atomic E-state index is 0.0803. The highest BCUT2D eigenvalue weighted by Gasteiger charge is 2.12. The molecule has 0 aliphatic rings. The third-order valence-corrected chi connectivity index (χ3v) is 3.48. The monoisotopic (exact) mass is 358 g/mol. The molecule has 2 rings (SSSR count).